The first-order chi connectivity index (χ1) is 19.1. The molecular weight excluding hydrogens is 488 g/mol. The molecule has 0 aromatic heterocycles. The third-order valence-corrected chi connectivity index (χ3v) is 9.10. The van der Waals surface area contributed by atoms with Crippen LogP contribution in [-0.4, -0.2) is 25.2 Å². The minimum atomic E-state index is -0.132. The fourth-order valence-electron chi connectivity index (χ4n) is 6.74. The molecule has 2 aromatic carbocycles. The van der Waals surface area contributed by atoms with Crippen molar-refractivity contribution >= 4 is 11.9 Å². The van der Waals surface area contributed by atoms with Crippen LogP contribution in [0.3, 0.4) is 0 Å². The molecule has 0 aliphatic heterocycles. The van der Waals surface area contributed by atoms with Crippen molar-refractivity contribution in [1.82, 2.24) is 0 Å². The molecule has 3 aliphatic rings. The lowest BCUT2D eigenvalue weighted by Crippen LogP contribution is -2.28. The molecule has 0 heterocycles. The summed E-state index contributed by atoms with van der Waals surface area (Å²) in [5.74, 6) is 1.66. The summed E-state index contributed by atoms with van der Waals surface area (Å²) in [5.41, 5.74) is 3.75. The lowest BCUT2D eigenvalue weighted by molar-refractivity contribution is -0.156. The van der Waals surface area contributed by atoms with E-state index in [9.17, 15) is 9.59 Å². The van der Waals surface area contributed by atoms with E-state index in [2.05, 4.69) is 24.3 Å². The van der Waals surface area contributed by atoms with Crippen molar-refractivity contribution in [3.63, 3.8) is 0 Å². The molecule has 0 unspecified atom stereocenters. The number of esters is 2. The maximum atomic E-state index is 12.6. The van der Waals surface area contributed by atoms with Crippen LogP contribution in [0, 0.1) is 11.8 Å². The van der Waals surface area contributed by atoms with E-state index in [-0.39, 0.29) is 29.9 Å². The lowest BCUT2D eigenvalue weighted by Gasteiger charge is -2.30. The van der Waals surface area contributed by atoms with Crippen LogP contribution < -0.4 is 9.47 Å². The summed E-state index contributed by atoms with van der Waals surface area (Å²) in [4.78, 5) is 25.2. The number of carbonyl (C=O) groups is 2. The summed E-state index contributed by atoms with van der Waals surface area (Å²) in [7, 11) is 1.63. The van der Waals surface area contributed by atoms with Gasteiger partial charge in [-0.05, 0) is 92.5 Å². The average Bonchev–Trinajstić information content (AvgIpc) is 2.99. The summed E-state index contributed by atoms with van der Waals surface area (Å²) < 4.78 is 17.3. The van der Waals surface area contributed by atoms with Gasteiger partial charge in [0.1, 0.15) is 6.10 Å². The smallest absolute Gasteiger partial charge is 0.314 e. The van der Waals surface area contributed by atoms with Gasteiger partial charge in [0.15, 0.2) is 11.5 Å². The summed E-state index contributed by atoms with van der Waals surface area (Å²) >= 11 is 0. The molecule has 5 rings (SSSR count). The standard InChI is InChI=1S/C34H44O5/c1-37-32-23-25(15-20-31(32)39-34(36)28-12-6-3-7-13-28)21-24-9-8-14-29(22-24)26-16-18-30(19-17-26)38-33(35)27-10-4-2-5-11-27/h8-9,14-15,20,22-23,26-28,30H,2-7,10-13,16-19,21H2,1H3. The molecule has 3 aliphatic carbocycles. The minimum Gasteiger partial charge on any atom is -0.493 e. The fraction of sp³-hybridized carbons (Fsp3) is 0.588. The second-order valence-corrected chi connectivity index (χ2v) is 11.9. The van der Waals surface area contributed by atoms with Gasteiger partial charge in [-0.3, -0.25) is 9.59 Å². The van der Waals surface area contributed by atoms with E-state index < -0.39 is 0 Å². The van der Waals surface area contributed by atoms with Crippen LogP contribution >= 0.6 is 0 Å². The highest BCUT2D eigenvalue weighted by molar-refractivity contribution is 5.76. The van der Waals surface area contributed by atoms with Crippen LogP contribution in [0.1, 0.15) is 112 Å². The van der Waals surface area contributed by atoms with Crippen LogP contribution in [0.2, 0.25) is 0 Å². The van der Waals surface area contributed by atoms with Gasteiger partial charge in [-0.15, -0.1) is 0 Å². The molecule has 3 saturated carbocycles. The minimum absolute atomic E-state index is 0.00452. The zero-order valence-corrected chi connectivity index (χ0v) is 23.5. The number of hydrogen-bond donors (Lipinski definition) is 0. The first-order valence-corrected chi connectivity index (χ1v) is 15.3. The second kappa shape index (κ2) is 13.5. The number of carbonyl (C=O) groups excluding carboxylic acids is 2. The van der Waals surface area contributed by atoms with Gasteiger partial charge in [-0.1, -0.05) is 68.9 Å². The van der Waals surface area contributed by atoms with Gasteiger partial charge in [0.25, 0.3) is 0 Å². The normalized spacial score (nSPS) is 22.7. The van der Waals surface area contributed by atoms with Gasteiger partial charge < -0.3 is 14.2 Å². The van der Waals surface area contributed by atoms with E-state index >= 15 is 0 Å². The van der Waals surface area contributed by atoms with Crippen molar-refractivity contribution in [3.8, 4) is 11.5 Å². The lowest BCUT2D eigenvalue weighted by atomic mass is 9.82. The summed E-state index contributed by atoms with van der Waals surface area (Å²) in [6.45, 7) is 0. The van der Waals surface area contributed by atoms with Gasteiger partial charge in [-0.25, -0.2) is 0 Å². The molecule has 2 aromatic rings. The number of methoxy groups -OCH3 is 1. The summed E-state index contributed by atoms with van der Waals surface area (Å²) in [6.07, 6.45) is 15.7. The Balaban J connectivity index is 1.15. The van der Waals surface area contributed by atoms with Crippen LogP contribution in [-0.2, 0) is 20.7 Å². The Hall–Kier alpha value is -2.82. The molecule has 0 bridgehead atoms. The van der Waals surface area contributed by atoms with Gasteiger partial charge in [0, 0.05) is 0 Å². The molecule has 0 atom stereocenters. The van der Waals surface area contributed by atoms with E-state index in [1.54, 1.807) is 7.11 Å². The Bertz CT molecular complexity index is 1100. The van der Waals surface area contributed by atoms with E-state index in [0.29, 0.717) is 17.4 Å². The fourth-order valence-corrected chi connectivity index (χ4v) is 6.74. The van der Waals surface area contributed by atoms with E-state index in [1.165, 1.54) is 24.0 Å². The zero-order valence-electron chi connectivity index (χ0n) is 23.5. The molecule has 5 nitrogen and oxygen atoms in total. The van der Waals surface area contributed by atoms with E-state index in [4.69, 9.17) is 14.2 Å². The summed E-state index contributed by atoms with van der Waals surface area (Å²) in [5, 5.41) is 0. The first kappa shape index (κ1) is 27.7. The van der Waals surface area contributed by atoms with Gasteiger partial charge in [0.2, 0.25) is 0 Å². The predicted molar refractivity (Wildman–Crippen MR) is 152 cm³/mol. The Morgan fingerprint density at radius 3 is 2.00 bits per heavy atom. The van der Waals surface area contributed by atoms with E-state index in [1.807, 2.05) is 18.2 Å². The van der Waals surface area contributed by atoms with Crippen molar-refractivity contribution in [2.75, 3.05) is 7.11 Å². The SMILES string of the molecule is COc1cc(Cc2cccc(C3CCC(OC(=O)C4CCCCC4)CC3)c2)ccc1OC(=O)C1CCCCC1. The van der Waals surface area contributed by atoms with Crippen LogP contribution in [0.4, 0.5) is 0 Å². The molecule has 5 heteroatoms. The monoisotopic (exact) mass is 532 g/mol. The van der Waals surface area contributed by atoms with Crippen molar-refractivity contribution in [3.05, 3.63) is 59.2 Å². The van der Waals surface area contributed by atoms with Crippen molar-refractivity contribution < 1.29 is 23.8 Å². The third-order valence-electron chi connectivity index (χ3n) is 9.10. The van der Waals surface area contributed by atoms with Crippen molar-refractivity contribution in [2.45, 2.75) is 108 Å². The Morgan fingerprint density at radius 2 is 1.33 bits per heavy atom. The average molecular weight is 533 g/mol. The van der Waals surface area contributed by atoms with Crippen molar-refractivity contribution in [1.29, 1.82) is 0 Å². The van der Waals surface area contributed by atoms with Gasteiger partial charge >= 0.3 is 11.9 Å². The topological polar surface area (TPSA) is 61.8 Å². The van der Waals surface area contributed by atoms with Crippen LogP contribution in [0.25, 0.3) is 0 Å². The number of rotatable bonds is 8. The molecule has 3 fully saturated rings. The highest BCUT2D eigenvalue weighted by Crippen LogP contribution is 2.36. The highest BCUT2D eigenvalue weighted by Gasteiger charge is 2.29. The molecule has 210 valence electrons. The Labute approximate surface area is 233 Å². The maximum absolute atomic E-state index is 12.6. The van der Waals surface area contributed by atoms with E-state index in [0.717, 1.165) is 89.0 Å². The molecule has 0 saturated heterocycles. The molecule has 39 heavy (non-hydrogen) atoms. The molecule has 0 spiro atoms. The maximum Gasteiger partial charge on any atom is 0.314 e. The van der Waals surface area contributed by atoms with Crippen LogP contribution in [0.15, 0.2) is 42.5 Å². The highest BCUT2D eigenvalue weighted by atomic mass is 16.6. The summed E-state index contributed by atoms with van der Waals surface area (Å²) in [6, 6.07) is 14.8. The zero-order chi connectivity index (χ0) is 27.0. The Morgan fingerprint density at radius 1 is 0.692 bits per heavy atom. The molecule has 0 N–H and O–H groups in total. The largest absolute Gasteiger partial charge is 0.493 e. The van der Waals surface area contributed by atoms with Gasteiger partial charge in [0.05, 0.1) is 18.9 Å². The van der Waals surface area contributed by atoms with Crippen molar-refractivity contribution in [2.24, 2.45) is 11.8 Å². The number of ether oxygens (including phenoxy) is 3. The molecular formula is C34H44O5. The number of hydrogen-bond acceptors (Lipinski definition) is 5. The molecule has 0 amide bonds. The van der Waals surface area contributed by atoms with Gasteiger partial charge in [-0.2, -0.15) is 0 Å². The first-order valence-electron chi connectivity index (χ1n) is 15.3. The second-order valence-electron chi connectivity index (χ2n) is 11.9. The van der Waals surface area contributed by atoms with Crippen LogP contribution in [0.5, 0.6) is 11.5 Å². The molecule has 0 radical (unpaired) electrons. The third kappa shape index (κ3) is 7.43. The Kier molecular flexibility index (Phi) is 9.60. The predicted octanol–water partition coefficient (Wildman–Crippen LogP) is 7.92. The number of benzene rings is 2. The quantitative estimate of drug-likeness (QED) is 0.255.